The number of carbonyl (C=O) groups excluding carboxylic acids is 1. The van der Waals surface area contributed by atoms with Crippen molar-refractivity contribution >= 4 is 34.2 Å². The molecule has 1 aromatic rings. The lowest BCUT2D eigenvalue weighted by Gasteiger charge is -2.38. The molecule has 0 bridgehead atoms. The largest absolute Gasteiger partial charge is 0.336 e. The molecule has 1 N–H and O–H groups in total. The summed E-state index contributed by atoms with van der Waals surface area (Å²) in [5.41, 5.74) is 1.85. The molecule has 1 unspecified atom stereocenters. The van der Waals surface area contributed by atoms with Gasteiger partial charge in [0.05, 0.1) is 0 Å². The standard InChI is InChI=1S/C16H22BrN3O.ClH/c1-12-14(3-2-4-15(12)17)16(21)20-9-7-19(8-10-20)13-5-6-18-11-13;/h2-4,13,18H,5-11H2,1H3;1H. The smallest absolute Gasteiger partial charge is 0.254 e. The highest BCUT2D eigenvalue weighted by atomic mass is 79.9. The van der Waals surface area contributed by atoms with Crippen molar-refractivity contribution in [2.24, 2.45) is 0 Å². The zero-order chi connectivity index (χ0) is 14.8. The molecule has 22 heavy (non-hydrogen) atoms. The number of halogens is 2. The van der Waals surface area contributed by atoms with Gasteiger partial charge in [0.1, 0.15) is 0 Å². The summed E-state index contributed by atoms with van der Waals surface area (Å²) in [5.74, 6) is 0.165. The highest BCUT2D eigenvalue weighted by Crippen LogP contribution is 2.21. The lowest BCUT2D eigenvalue weighted by atomic mass is 10.1. The van der Waals surface area contributed by atoms with Crippen LogP contribution >= 0.6 is 28.3 Å². The second-order valence-electron chi connectivity index (χ2n) is 5.89. The Morgan fingerprint density at radius 3 is 2.64 bits per heavy atom. The van der Waals surface area contributed by atoms with Crippen LogP contribution in [-0.2, 0) is 0 Å². The maximum absolute atomic E-state index is 12.7. The first-order chi connectivity index (χ1) is 10.2. The van der Waals surface area contributed by atoms with Crippen LogP contribution in [0, 0.1) is 6.92 Å². The van der Waals surface area contributed by atoms with Gasteiger partial charge in [0, 0.05) is 48.8 Å². The summed E-state index contributed by atoms with van der Waals surface area (Å²) in [6.07, 6.45) is 1.23. The van der Waals surface area contributed by atoms with Gasteiger partial charge in [-0.25, -0.2) is 0 Å². The average Bonchev–Trinajstić information content (AvgIpc) is 3.04. The normalized spacial score (nSPS) is 22.5. The second kappa shape index (κ2) is 7.77. The van der Waals surface area contributed by atoms with E-state index in [0.29, 0.717) is 6.04 Å². The molecule has 2 saturated heterocycles. The number of benzene rings is 1. The third-order valence-corrected chi connectivity index (χ3v) is 5.51. The molecule has 2 aliphatic rings. The molecule has 1 amide bonds. The number of carbonyl (C=O) groups is 1. The van der Waals surface area contributed by atoms with Gasteiger partial charge in [0.2, 0.25) is 0 Å². The van der Waals surface area contributed by atoms with E-state index < -0.39 is 0 Å². The number of hydrogen-bond donors (Lipinski definition) is 1. The minimum Gasteiger partial charge on any atom is -0.336 e. The van der Waals surface area contributed by atoms with Crippen LogP contribution in [0.2, 0.25) is 0 Å². The maximum atomic E-state index is 12.7. The Kier molecular flexibility index (Phi) is 6.26. The summed E-state index contributed by atoms with van der Waals surface area (Å²) >= 11 is 3.51. The zero-order valence-electron chi connectivity index (χ0n) is 12.8. The molecule has 6 heteroatoms. The molecule has 2 aliphatic heterocycles. The van der Waals surface area contributed by atoms with Gasteiger partial charge in [-0.1, -0.05) is 22.0 Å². The van der Waals surface area contributed by atoms with Crippen LogP contribution in [0.15, 0.2) is 22.7 Å². The van der Waals surface area contributed by atoms with Crippen LogP contribution in [0.4, 0.5) is 0 Å². The van der Waals surface area contributed by atoms with Gasteiger partial charge in [0.15, 0.2) is 0 Å². The van der Waals surface area contributed by atoms with Crippen LogP contribution in [0.3, 0.4) is 0 Å². The monoisotopic (exact) mass is 387 g/mol. The molecule has 3 rings (SSSR count). The molecule has 1 aromatic carbocycles. The number of amides is 1. The molecule has 2 fully saturated rings. The van der Waals surface area contributed by atoms with Gasteiger partial charge in [-0.15, -0.1) is 12.4 Å². The van der Waals surface area contributed by atoms with E-state index in [-0.39, 0.29) is 18.3 Å². The molecule has 0 aliphatic carbocycles. The minimum absolute atomic E-state index is 0. The fraction of sp³-hybridized carbons (Fsp3) is 0.562. The Balaban J connectivity index is 0.00000176. The van der Waals surface area contributed by atoms with Gasteiger partial charge in [-0.2, -0.15) is 0 Å². The second-order valence-corrected chi connectivity index (χ2v) is 6.74. The summed E-state index contributed by atoms with van der Waals surface area (Å²) in [6.45, 7) is 7.87. The molecule has 2 heterocycles. The first kappa shape index (κ1) is 17.7. The fourth-order valence-corrected chi connectivity index (χ4v) is 3.62. The molecule has 0 aromatic heterocycles. The van der Waals surface area contributed by atoms with Crippen LogP contribution in [-0.4, -0.2) is 61.0 Å². The lowest BCUT2D eigenvalue weighted by molar-refractivity contribution is 0.0583. The average molecular weight is 389 g/mol. The van der Waals surface area contributed by atoms with Crippen molar-refractivity contribution in [3.05, 3.63) is 33.8 Å². The van der Waals surface area contributed by atoms with E-state index in [1.165, 1.54) is 6.42 Å². The third kappa shape index (κ3) is 3.65. The quantitative estimate of drug-likeness (QED) is 0.844. The number of nitrogens with zero attached hydrogens (tertiary/aromatic N) is 2. The zero-order valence-corrected chi connectivity index (χ0v) is 15.3. The highest BCUT2D eigenvalue weighted by molar-refractivity contribution is 9.10. The minimum atomic E-state index is 0. The van der Waals surface area contributed by atoms with Crippen molar-refractivity contribution in [1.29, 1.82) is 0 Å². The SMILES string of the molecule is Cc1c(Br)cccc1C(=O)N1CCN(C2CCNC2)CC1.Cl. The van der Waals surface area contributed by atoms with Crippen LogP contribution < -0.4 is 5.32 Å². The van der Waals surface area contributed by atoms with Gasteiger partial charge >= 0.3 is 0 Å². The van der Waals surface area contributed by atoms with E-state index in [2.05, 4.69) is 26.1 Å². The Labute approximate surface area is 146 Å². The Morgan fingerprint density at radius 2 is 2.00 bits per heavy atom. The number of rotatable bonds is 2. The molecule has 0 saturated carbocycles. The first-order valence-corrected chi connectivity index (χ1v) is 8.45. The van der Waals surface area contributed by atoms with Crippen molar-refractivity contribution in [3.63, 3.8) is 0 Å². The Hall–Kier alpha value is -0.620. The van der Waals surface area contributed by atoms with E-state index in [9.17, 15) is 4.79 Å². The number of piperazine rings is 1. The van der Waals surface area contributed by atoms with Crippen LogP contribution in [0.1, 0.15) is 22.3 Å². The van der Waals surface area contributed by atoms with Gasteiger partial charge in [-0.05, 0) is 37.6 Å². The van der Waals surface area contributed by atoms with Crippen LogP contribution in [0.5, 0.6) is 0 Å². The van der Waals surface area contributed by atoms with Gasteiger partial charge in [-0.3, -0.25) is 9.69 Å². The van der Waals surface area contributed by atoms with Gasteiger partial charge < -0.3 is 10.2 Å². The number of hydrogen-bond acceptors (Lipinski definition) is 3. The number of nitrogens with one attached hydrogen (secondary N) is 1. The molecular weight excluding hydrogens is 366 g/mol. The van der Waals surface area contributed by atoms with Crippen molar-refractivity contribution in [3.8, 4) is 0 Å². The van der Waals surface area contributed by atoms with E-state index >= 15 is 0 Å². The predicted molar refractivity (Wildman–Crippen MR) is 94.9 cm³/mol. The Bertz CT molecular complexity index is 526. The summed E-state index contributed by atoms with van der Waals surface area (Å²) in [5, 5.41) is 3.42. The fourth-order valence-electron chi connectivity index (χ4n) is 3.25. The van der Waals surface area contributed by atoms with E-state index in [1.807, 2.05) is 30.0 Å². The first-order valence-electron chi connectivity index (χ1n) is 7.66. The molecule has 4 nitrogen and oxygen atoms in total. The summed E-state index contributed by atoms with van der Waals surface area (Å²) in [7, 11) is 0. The van der Waals surface area contributed by atoms with Gasteiger partial charge in [0.25, 0.3) is 5.91 Å². The van der Waals surface area contributed by atoms with Crippen LogP contribution in [0.25, 0.3) is 0 Å². The summed E-state index contributed by atoms with van der Waals surface area (Å²) in [6, 6.07) is 6.51. The summed E-state index contributed by atoms with van der Waals surface area (Å²) in [4.78, 5) is 17.2. The van der Waals surface area contributed by atoms with E-state index in [1.54, 1.807) is 0 Å². The molecule has 0 spiro atoms. The maximum Gasteiger partial charge on any atom is 0.254 e. The third-order valence-electron chi connectivity index (χ3n) is 4.65. The highest BCUT2D eigenvalue weighted by Gasteiger charge is 2.28. The van der Waals surface area contributed by atoms with Crippen molar-refractivity contribution in [2.75, 3.05) is 39.3 Å². The van der Waals surface area contributed by atoms with Crippen molar-refractivity contribution in [1.82, 2.24) is 15.1 Å². The Morgan fingerprint density at radius 1 is 1.27 bits per heavy atom. The molecule has 0 radical (unpaired) electrons. The van der Waals surface area contributed by atoms with E-state index in [4.69, 9.17) is 0 Å². The molecule has 1 atom stereocenters. The predicted octanol–water partition coefficient (Wildman–Crippen LogP) is 2.30. The van der Waals surface area contributed by atoms with Crippen molar-refractivity contribution in [2.45, 2.75) is 19.4 Å². The summed E-state index contributed by atoms with van der Waals surface area (Å²) < 4.78 is 1.00. The molecule has 122 valence electrons. The van der Waals surface area contributed by atoms with E-state index in [0.717, 1.165) is 54.9 Å². The molecular formula is C16H23BrClN3O. The topological polar surface area (TPSA) is 35.6 Å². The lowest BCUT2D eigenvalue weighted by Crippen LogP contribution is -2.52. The van der Waals surface area contributed by atoms with Crippen molar-refractivity contribution < 1.29 is 4.79 Å².